The second-order valence-corrected chi connectivity index (χ2v) is 6.91. The number of hydrogen-bond donors (Lipinski definition) is 0. The first kappa shape index (κ1) is 18.9. The maximum Gasteiger partial charge on any atom is 0.260 e. The highest BCUT2D eigenvalue weighted by molar-refractivity contribution is 6.42. The largest absolute Gasteiger partial charge is 0.484 e. The molecule has 1 unspecified atom stereocenters. The highest BCUT2D eigenvalue weighted by atomic mass is 35.5. The van der Waals surface area contributed by atoms with Gasteiger partial charge in [-0.3, -0.25) is 9.69 Å². The first-order valence-corrected chi connectivity index (χ1v) is 8.67. The van der Waals surface area contributed by atoms with Crippen LogP contribution in [0.25, 0.3) is 0 Å². The number of benzene rings is 1. The summed E-state index contributed by atoms with van der Waals surface area (Å²) in [6.45, 7) is 6.66. The summed E-state index contributed by atoms with van der Waals surface area (Å²) in [5, 5.41) is 10.1. The molecule has 1 atom stereocenters. The minimum absolute atomic E-state index is 0.0379. The fourth-order valence-corrected chi connectivity index (χ4v) is 2.99. The predicted molar refractivity (Wildman–Crippen MR) is 94.3 cm³/mol. The minimum atomic E-state index is -0.102. The number of carbonyl (C=O) groups is 1. The van der Waals surface area contributed by atoms with Gasteiger partial charge in [-0.15, -0.1) is 0 Å². The molecule has 1 aliphatic rings. The van der Waals surface area contributed by atoms with Crippen LogP contribution in [0.15, 0.2) is 18.2 Å². The van der Waals surface area contributed by atoms with Crippen LogP contribution in [0.5, 0.6) is 5.75 Å². The van der Waals surface area contributed by atoms with E-state index in [0.29, 0.717) is 42.0 Å². The normalized spacial score (nSPS) is 16.8. The van der Waals surface area contributed by atoms with E-state index in [0.717, 1.165) is 0 Å². The summed E-state index contributed by atoms with van der Waals surface area (Å²) in [5.74, 6) is 0.717. The molecular formula is C17H21Cl2N3O2. The summed E-state index contributed by atoms with van der Waals surface area (Å²) < 4.78 is 5.49. The summed E-state index contributed by atoms with van der Waals surface area (Å²) in [5.41, 5.74) is 0. The van der Waals surface area contributed by atoms with Gasteiger partial charge in [0.1, 0.15) is 11.8 Å². The Morgan fingerprint density at radius 2 is 1.92 bits per heavy atom. The number of rotatable bonds is 5. The van der Waals surface area contributed by atoms with E-state index in [4.69, 9.17) is 27.9 Å². The zero-order valence-corrected chi connectivity index (χ0v) is 15.3. The van der Waals surface area contributed by atoms with Crippen molar-refractivity contribution in [3.05, 3.63) is 28.2 Å². The van der Waals surface area contributed by atoms with Gasteiger partial charge in [-0.05, 0) is 18.1 Å². The highest BCUT2D eigenvalue weighted by Crippen LogP contribution is 2.26. The maximum absolute atomic E-state index is 12.3. The van der Waals surface area contributed by atoms with E-state index in [2.05, 4.69) is 11.0 Å². The monoisotopic (exact) mass is 369 g/mol. The fourth-order valence-electron chi connectivity index (χ4n) is 2.70. The smallest absolute Gasteiger partial charge is 0.260 e. The highest BCUT2D eigenvalue weighted by Gasteiger charge is 2.27. The molecule has 0 saturated carbocycles. The van der Waals surface area contributed by atoms with Crippen molar-refractivity contribution in [1.82, 2.24) is 9.80 Å². The predicted octanol–water partition coefficient (Wildman–Crippen LogP) is 3.06. The van der Waals surface area contributed by atoms with Gasteiger partial charge in [0.05, 0.1) is 16.1 Å². The first-order valence-electron chi connectivity index (χ1n) is 7.91. The SMILES string of the molecule is CC(C)C(C#N)N1CCN(C(=O)COc2ccc(Cl)c(Cl)c2)CC1. The van der Waals surface area contributed by atoms with Crippen LogP contribution in [0.4, 0.5) is 0 Å². The van der Waals surface area contributed by atoms with E-state index < -0.39 is 0 Å². The molecule has 0 N–H and O–H groups in total. The van der Waals surface area contributed by atoms with Crippen molar-refractivity contribution in [2.45, 2.75) is 19.9 Å². The molecule has 1 heterocycles. The zero-order valence-electron chi connectivity index (χ0n) is 13.8. The maximum atomic E-state index is 12.3. The van der Waals surface area contributed by atoms with Crippen molar-refractivity contribution in [2.24, 2.45) is 5.92 Å². The zero-order chi connectivity index (χ0) is 17.7. The number of nitrogens with zero attached hydrogens (tertiary/aromatic N) is 3. The Morgan fingerprint density at radius 1 is 1.25 bits per heavy atom. The van der Waals surface area contributed by atoms with Crippen molar-refractivity contribution < 1.29 is 9.53 Å². The molecule has 1 saturated heterocycles. The van der Waals surface area contributed by atoms with E-state index in [-0.39, 0.29) is 24.5 Å². The summed E-state index contributed by atoms with van der Waals surface area (Å²) in [4.78, 5) is 16.2. The molecule has 5 nitrogen and oxygen atoms in total. The van der Waals surface area contributed by atoms with Crippen molar-refractivity contribution in [1.29, 1.82) is 5.26 Å². The number of piperazine rings is 1. The fraction of sp³-hybridized carbons (Fsp3) is 0.529. The molecule has 1 fully saturated rings. The van der Waals surface area contributed by atoms with Gasteiger partial charge in [-0.2, -0.15) is 5.26 Å². The van der Waals surface area contributed by atoms with Crippen LogP contribution in [-0.4, -0.2) is 54.5 Å². The third kappa shape index (κ3) is 4.76. The Labute approximate surface area is 152 Å². The molecule has 0 bridgehead atoms. The van der Waals surface area contributed by atoms with Crippen LogP contribution in [0.3, 0.4) is 0 Å². The van der Waals surface area contributed by atoms with Crippen LogP contribution < -0.4 is 4.74 Å². The molecule has 1 aromatic carbocycles. The number of nitriles is 1. The molecule has 7 heteroatoms. The number of amides is 1. The van der Waals surface area contributed by atoms with Crippen molar-refractivity contribution >= 4 is 29.1 Å². The van der Waals surface area contributed by atoms with Crippen LogP contribution in [0, 0.1) is 17.2 Å². The number of hydrogen-bond acceptors (Lipinski definition) is 4. The quantitative estimate of drug-likeness (QED) is 0.800. The topological polar surface area (TPSA) is 56.6 Å². The average Bonchev–Trinajstić information content (AvgIpc) is 2.56. The van der Waals surface area contributed by atoms with Gasteiger partial charge in [0.25, 0.3) is 5.91 Å². The van der Waals surface area contributed by atoms with Crippen molar-refractivity contribution in [2.75, 3.05) is 32.8 Å². The first-order chi connectivity index (χ1) is 11.4. The van der Waals surface area contributed by atoms with Gasteiger partial charge in [0.15, 0.2) is 6.61 Å². The molecule has 1 amide bonds. The Morgan fingerprint density at radius 3 is 2.46 bits per heavy atom. The third-order valence-electron chi connectivity index (χ3n) is 4.08. The van der Waals surface area contributed by atoms with E-state index in [1.54, 1.807) is 23.1 Å². The Hall–Kier alpha value is -1.48. The lowest BCUT2D eigenvalue weighted by molar-refractivity contribution is -0.135. The lowest BCUT2D eigenvalue weighted by atomic mass is 10.0. The second-order valence-electron chi connectivity index (χ2n) is 6.10. The van der Waals surface area contributed by atoms with Crippen LogP contribution in [-0.2, 0) is 4.79 Å². The molecule has 0 aromatic heterocycles. The van der Waals surface area contributed by atoms with Gasteiger partial charge in [-0.25, -0.2) is 0 Å². The number of ether oxygens (including phenoxy) is 1. The Balaban J connectivity index is 1.82. The molecule has 1 aliphatic heterocycles. The lowest BCUT2D eigenvalue weighted by Crippen LogP contribution is -2.53. The van der Waals surface area contributed by atoms with Gasteiger partial charge in [-0.1, -0.05) is 37.0 Å². The van der Waals surface area contributed by atoms with Crippen LogP contribution >= 0.6 is 23.2 Å². The van der Waals surface area contributed by atoms with E-state index in [9.17, 15) is 10.1 Å². The molecule has 130 valence electrons. The molecule has 1 aromatic rings. The molecular weight excluding hydrogens is 349 g/mol. The standard InChI is InChI=1S/C17H21Cl2N3O2/c1-12(2)16(10-20)21-5-7-22(8-6-21)17(23)11-24-13-3-4-14(18)15(19)9-13/h3-4,9,12,16H,5-8,11H2,1-2H3. The molecule has 24 heavy (non-hydrogen) atoms. The van der Waals surface area contributed by atoms with E-state index >= 15 is 0 Å². The van der Waals surface area contributed by atoms with Gasteiger partial charge < -0.3 is 9.64 Å². The van der Waals surface area contributed by atoms with Crippen molar-refractivity contribution in [3.63, 3.8) is 0 Å². The Kier molecular flexibility index (Phi) is 6.73. The van der Waals surface area contributed by atoms with E-state index in [1.165, 1.54) is 0 Å². The lowest BCUT2D eigenvalue weighted by Gasteiger charge is -2.38. The van der Waals surface area contributed by atoms with Gasteiger partial charge in [0, 0.05) is 32.2 Å². The minimum Gasteiger partial charge on any atom is -0.484 e. The summed E-state index contributed by atoms with van der Waals surface area (Å²) in [6, 6.07) is 7.15. The molecule has 0 radical (unpaired) electrons. The van der Waals surface area contributed by atoms with Crippen molar-refractivity contribution in [3.8, 4) is 11.8 Å². The molecule has 0 spiro atoms. The summed E-state index contributed by atoms with van der Waals surface area (Å²) in [7, 11) is 0. The van der Waals surface area contributed by atoms with Crippen LogP contribution in [0.1, 0.15) is 13.8 Å². The van der Waals surface area contributed by atoms with E-state index in [1.807, 2.05) is 13.8 Å². The molecule has 2 rings (SSSR count). The van der Waals surface area contributed by atoms with Gasteiger partial charge in [0.2, 0.25) is 0 Å². The Bertz CT molecular complexity index is 623. The molecule has 0 aliphatic carbocycles. The van der Waals surface area contributed by atoms with Crippen LogP contribution in [0.2, 0.25) is 10.0 Å². The summed E-state index contributed by atoms with van der Waals surface area (Å²) >= 11 is 11.8. The second kappa shape index (κ2) is 8.57. The summed E-state index contributed by atoms with van der Waals surface area (Å²) in [6.07, 6.45) is 0. The van der Waals surface area contributed by atoms with Gasteiger partial charge >= 0.3 is 0 Å². The average molecular weight is 370 g/mol. The number of halogens is 2. The third-order valence-corrected chi connectivity index (χ3v) is 4.82. The number of carbonyl (C=O) groups excluding carboxylic acids is 1.